The Bertz CT molecular complexity index is 1230. The minimum atomic E-state index is 0.00337. The van der Waals surface area contributed by atoms with Gasteiger partial charge in [0.05, 0.1) is 25.9 Å². The summed E-state index contributed by atoms with van der Waals surface area (Å²) >= 11 is 6.15. The molecule has 0 spiro atoms. The molecule has 4 rings (SSSR count). The van der Waals surface area contributed by atoms with Crippen LogP contribution in [0.2, 0.25) is 5.02 Å². The number of allylic oxidation sites excluding steroid dienone is 2. The molecule has 0 bridgehead atoms. The van der Waals surface area contributed by atoms with Crippen molar-refractivity contribution in [1.29, 1.82) is 0 Å². The summed E-state index contributed by atoms with van der Waals surface area (Å²) in [7, 11) is 5.19. The maximum atomic E-state index is 11.5. The molecular weight excluding hydrogens is 486 g/mol. The fourth-order valence-corrected chi connectivity index (χ4v) is 4.35. The summed E-state index contributed by atoms with van der Waals surface area (Å²) in [4.78, 5) is 16.8. The van der Waals surface area contributed by atoms with Gasteiger partial charge < -0.3 is 24.7 Å². The van der Waals surface area contributed by atoms with Crippen LogP contribution >= 0.6 is 11.6 Å². The van der Waals surface area contributed by atoms with Gasteiger partial charge in [-0.1, -0.05) is 29.8 Å². The van der Waals surface area contributed by atoms with Crippen LogP contribution < -0.4 is 10.1 Å². The Hall–Kier alpha value is -3.82. The fourth-order valence-electron chi connectivity index (χ4n) is 4.18. The number of carbonyl (C=O) groups excluding carboxylic acids is 1. The number of H-pyrrole nitrogens is 1. The summed E-state index contributed by atoms with van der Waals surface area (Å²) < 4.78 is 10.3. The van der Waals surface area contributed by atoms with Crippen molar-refractivity contribution in [3.8, 4) is 18.1 Å². The van der Waals surface area contributed by atoms with Gasteiger partial charge in [-0.25, -0.2) is 0 Å². The SMILES string of the molecule is C#CC.C/C=C(\C=C/CC1c2[nH]c3ccc(Cl)cc3c2CCN1C=O)OC.CNc1ccccc1OC. The van der Waals surface area contributed by atoms with Crippen LogP contribution in [0.1, 0.15) is 37.6 Å². The van der Waals surface area contributed by atoms with Gasteiger partial charge in [-0.15, -0.1) is 12.3 Å². The van der Waals surface area contributed by atoms with Crippen LogP contribution in [0.4, 0.5) is 5.69 Å². The molecule has 196 valence electrons. The summed E-state index contributed by atoms with van der Waals surface area (Å²) in [5, 5.41) is 4.91. The third-order valence-electron chi connectivity index (χ3n) is 5.93. The molecular formula is C30H36ClN3O3. The Morgan fingerprint density at radius 1 is 1.30 bits per heavy atom. The van der Waals surface area contributed by atoms with Gasteiger partial charge in [0, 0.05) is 35.2 Å². The lowest BCUT2D eigenvalue weighted by molar-refractivity contribution is -0.120. The van der Waals surface area contributed by atoms with Gasteiger partial charge in [0.1, 0.15) is 11.5 Å². The molecule has 1 aliphatic rings. The van der Waals surface area contributed by atoms with Gasteiger partial charge in [-0.05, 0) is 74.7 Å². The molecule has 3 aromatic rings. The summed E-state index contributed by atoms with van der Waals surface area (Å²) in [5.41, 5.74) is 4.46. The number of para-hydroxylation sites is 2. The van der Waals surface area contributed by atoms with Crippen LogP contribution in [-0.2, 0) is 16.0 Å². The quantitative estimate of drug-likeness (QED) is 0.156. The van der Waals surface area contributed by atoms with Crippen molar-refractivity contribution in [3.05, 3.63) is 82.7 Å². The number of ether oxygens (including phenoxy) is 2. The highest BCUT2D eigenvalue weighted by molar-refractivity contribution is 6.31. The molecule has 0 fully saturated rings. The van der Waals surface area contributed by atoms with Crippen molar-refractivity contribution >= 4 is 34.6 Å². The van der Waals surface area contributed by atoms with Crippen molar-refractivity contribution in [1.82, 2.24) is 9.88 Å². The molecule has 2 aromatic carbocycles. The van der Waals surface area contributed by atoms with Crippen LogP contribution in [0, 0.1) is 12.3 Å². The molecule has 0 saturated carbocycles. The van der Waals surface area contributed by atoms with Crippen molar-refractivity contribution < 1.29 is 14.3 Å². The molecule has 37 heavy (non-hydrogen) atoms. The van der Waals surface area contributed by atoms with E-state index in [1.165, 1.54) is 5.56 Å². The predicted octanol–water partition coefficient (Wildman–Crippen LogP) is 6.75. The number of terminal acetylenes is 1. The molecule has 1 unspecified atom stereocenters. The fraction of sp³-hybridized carbons (Fsp3) is 0.300. The first-order valence-corrected chi connectivity index (χ1v) is 12.4. The monoisotopic (exact) mass is 521 g/mol. The third kappa shape index (κ3) is 7.83. The van der Waals surface area contributed by atoms with E-state index in [4.69, 9.17) is 21.1 Å². The van der Waals surface area contributed by atoms with E-state index in [-0.39, 0.29) is 6.04 Å². The number of benzene rings is 2. The van der Waals surface area contributed by atoms with Crippen molar-refractivity contribution in [2.24, 2.45) is 0 Å². The number of nitrogens with one attached hydrogen (secondary N) is 2. The number of hydrogen-bond acceptors (Lipinski definition) is 4. The highest BCUT2D eigenvalue weighted by Crippen LogP contribution is 2.36. The van der Waals surface area contributed by atoms with Crippen LogP contribution in [0.15, 0.2) is 66.5 Å². The van der Waals surface area contributed by atoms with Crippen LogP contribution in [0.3, 0.4) is 0 Å². The van der Waals surface area contributed by atoms with Crippen molar-refractivity contribution in [2.75, 3.05) is 33.1 Å². The maximum absolute atomic E-state index is 11.5. The number of fused-ring (bicyclic) bond motifs is 3. The molecule has 1 aromatic heterocycles. The second-order valence-electron chi connectivity index (χ2n) is 8.09. The van der Waals surface area contributed by atoms with Gasteiger partial charge in [-0.2, -0.15) is 0 Å². The molecule has 6 nitrogen and oxygen atoms in total. The van der Waals surface area contributed by atoms with E-state index in [2.05, 4.69) is 22.6 Å². The minimum absolute atomic E-state index is 0.00337. The molecule has 0 aliphatic carbocycles. The predicted molar refractivity (Wildman–Crippen MR) is 154 cm³/mol. The Labute approximate surface area is 225 Å². The second kappa shape index (κ2) is 15.3. The van der Waals surface area contributed by atoms with Gasteiger partial charge in [0.25, 0.3) is 0 Å². The van der Waals surface area contributed by atoms with E-state index in [9.17, 15) is 4.79 Å². The van der Waals surface area contributed by atoms with Crippen molar-refractivity contribution in [3.63, 3.8) is 0 Å². The molecule has 0 saturated heterocycles. The number of amides is 1. The average molecular weight is 522 g/mol. The van der Waals surface area contributed by atoms with E-state index in [0.29, 0.717) is 0 Å². The third-order valence-corrected chi connectivity index (χ3v) is 6.16. The van der Waals surface area contributed by atoms with E-state index < -0.39 is 0 Å². The molecule has 0 radical (unpaired) electrons. The maximum Gasteiger partial charge on any atom is 0.210 e. The number of aromatic nitrogens is 1. The summed E-state index contributed by atoms with van der Waals surface area (Å²) in [5.74, 6) is 3.94. The highest BCUT2D eigenvalue weighted by Gasteiger charge is 2.28. The lowest BCUT2D eigenvalue weighted by Crippen LogP contribution is -2.34. The molecule has 2 heterocycles. The van der Waals surface area contributed by atoms with Gasteiger partial charge in [-0.3, -0.25) is 4.79 Å². The zero-order valence-corrected chi connectivity index (χ0v) is 22.9. The largest absolute Gasteiger partial charge is 0.497 e. The van der Waals surface area contributed by atoms with E-state index in [1.54, 1.807) is 21.1 Å². The van der Waals surface area contributed by atoms with Crippen LogP contribution in [0.25, 0.3) is 10.9 Å². The highest BCUT2D eigenvalue weighted by atomic mass is 35.5. The number of halogens is 1. The molecule has 1 aliphatic heterocycles. The Morgan fingerprint density at radius 3 is 2.62 bits per heavy atom. The first kappa shape index (κ1) is 29.4. The Kier molecular flexibility index (Phi) is 12.2. The second-order valence-corrected chi connectivity index (χ2v) is 8.52. The number of methoxy groups -OCH3 is 2. The lowest BCUT2D eigenvalue weighted by Gasteiger charge is -2.32. The number of carbonyl (C=O) groups is 1. The van der Waals surface area contributed by atoms with Gasteiger partial charge in [0.2, 0.25) is 6.41 Å². The van der Waals surface area contributed by atoms with Crippen molar-refractivity contribution in [2.45, 2.75) is 32.7 Å². The summed E-state index contributed by atoms with van der Waals surface area (Å²) in [6, 6.07) is 13.7. The Morgan fingerprint density at radius 2 is 2.03 bits per heavy atom. The number of nitrogens with zero attached hydrogens (tertiary/aromatic N) is 1. The van der Waals surface area contributed by atoms with E-state index >= 15 is 0 Å². The number of hydrogen-bond donors (Lipinski definition) is 2. The molecule has 1 atom stereocenters. The van der Waals surface area contributed by atoms with E-state index in [1.807, 2.05) is 79.6 Å². The molecule has 2 N–H and O–H groups in total. The van der Waals surface area contributed by atoms with Crippen LogP contribution in [0.5, 0.6) is 5.75 Å². The minimum Gasteiger partial charge on any atom is -0.497 e. The topological polar surface area (TPSA) is 66.6 Å². The zero-order valence-electron chi connectivity index (χ0n) is 22.2. The van der Waals surface area contributed by atoms with Gasteiger partial charge in [0.15, 0.2) is 0 Å². The summed E-state index contributed by atoms with van der Waals surface area (Å²) in [6.45, 7) is 4.30. The molecule has 7 heteroatoms. The zero-order chi connectivity index (χ0) is 27.2. The number of rotatable bonds is 7. The van der Waals surface area contributed by atoms with Gasteiger partial charge >= 0.3 is 0 Å². The lowest BCUT2D eigenvalue weighted by atomic mass is 9.95. The van der Waals surface area contributed by atoms with E-state index in [0.717, 1.165) is 64.6 Å². The smallest absolute Gasteiger partial charge is 0.210 e. The molecule has 1 amide bonds. The Balaban J connectivity index is 0.000000308. The number of anilines is 1. The van der Waals surface area contributed by atoms with Crippen LogP contribution in [-0.4, -0.2) is 44.1 Å². The average Bonchev–Trinajstić information content (AvgIpc) is 3.29. The number of aromatic amines is 1. The first-order chi connectivity index (χ1) is 18.0. The first-order valence-electron chi connectivity index (χ1n) is 12.0. The summed E-state index contributed by atoms with van der Waals surface area (Å²) in [6.07, 6.45) is 13.0. The normalized spacial score (nSPS) is 14.5. The standard InChI is InChI=1S/C19H21ClN2O2.C8H11NO.C3H4/c1-3-14(24-2)5-4-6-18-19-15(9-10-22(18)12-23)16-11-13(20)7-8-17(16)21-19;1-9-7-5-3-4-6-8(7)10-2;1-3-2/h3-5,7-8,11-12,18,21H,6,9-10H2,1-2H3;3-6,9H,1-2H3;1H,2H3/b5-4-,14-3+;;.